The molecular formula is C12H11F3O. The first-order valence-corrected chi connectivity index (χ1v) is 4.69. The van der Waals surface area contributed by atoms with Crippen molar-refractivity contribution >= 4 is 0 Å². The van der Waals surface area contributed by atoms with Gasteiger partial charge in [-0.15, -0.1) is 12.3 Å². The predicted molar refractivity (Wildman–Crippen MR) is 54.9 cm³/mol. The van der Waals surface area contributed by atoms with Crippen molar-refractivity contribution in [1.29, 1.82) is 0 Å². The molecule has 4 heteroatoms. The Morgan fingerprint density at radius 2 is 2.12 bits per heavy atom. The van der Waals surface area contributed by atoms with Crippen molar-refractivity contribution in [1.82, 2.24) is 0 Å². The van der Waals surface area contributed by atoms with Gasteiger partial charge >= 0.3 is 6.18 Å². The molecule has 0 spiro atoms. The quantitative estimate of drug-likeness (QED) is 0.721. The van der Waals surface area contributed by atoms with Crippen LogP contribution in [0, 0.1) is 18.3 Å². The van der Waals surface area contributed by atoms with Gasteiger partial charge in [0, 0.05) is 0 Å². The van der Waals surface area contributed by atoms with Gasteiger partial charge in [-0.1, -0.05) is 6.07 Å². The van der Waals surface area contributed by atoms with Crippen LogP contribution in [-0.4, -0.2) is 6.61 Å². The summed E-state index contributed by atoms with van der Waals surface area (Å²) < 4.78 is 42.2. The van der Waals surface area contributed by atoms with E-state index in [2.05, 4.69) is 5.92 Å². The molecule has 0 aliphatic carbocycles. The number of terminal acetylenes is 1. The Labute approximate surface area is 92.2 Å². The van der Waals surface area contributed by atoms with Gasteiger partial charge in [0.15, 0.2) is 0 Å². The minimum atomic E-state index is -4.35. The van der Waals surface area contributed by atoms with E-state index in [1.54, 1.807) is 6.92 Å². The van der Waals surface area contributed by atoms with E-state index in [4.69, 9.17) is 11.2 Å². The van der Waals surface area contributed by atoms with Gasteiger partial charge in [-0.2, -0.15) is 13.2 Å². The van der Waals surface area contributed by atoms with Crippen LogP contribution in [0.4, 0.5) is 13.2 Å². The maximum Gasteiger partial charge on any atom is 0.416 e. The summed E-state index contributed by atoms with van der Waals surface area (Å²) in [7, 11) is 0. The zero-order valence-corrected chi connectivity index (χ0v) is 8.71. The minimum Gasteiger partial charge on any atom is -0.492 e. The van der Waals surface area contributed by atoms with Crippen molar-refractivity contribution in [2.24, 2.45) is 5.92 Å². The molecule has 86 valence electrons. The highest BCUT2D eigenvalue weighted by atomic mass is 19.4. The van der Waals surface area contributed by atoms with Crippen molar-refractivity contribution in [2.45, 2.75) is 13.1 Å². The molecule has 1 unspecified atom stereocenters. The molecule has 1 aromatic carbocycles. The molecule has 0 N–H and O–H groups in total. The van der Waals surface area contributed by atoms with Gasteiger partial charge in [-0.3, -0.25) is 0 Å². The van der Waals surface area contributed by atoms with Gasteiger partial charge in [0.05, 0.1) is 11.5 Å². The van der Waals surface area contributed by atoms with Gasteiger partial charge in [-0.25, -0.2) is 0 Å². The predicted octanol–water partition coefficient (Wildman–Crippen LogP) is 3.35. The molecule has 0 heterocycles. The van der Waals surface area contributed by atoms with Crippen LogP contribution >= 0.6 is 0 Å². The summed E-state index contributed by atoms with van der Waals surface area (Å²) in [5.74, 6) is 2.48. The molecule has 0 aliphatic rings. The lowest BCUT2D eigenvalue weighted by atomic mass is 10.2. The summed E-state index contributed by atoms with van der Waals surface area (Å²) >= 11 is 0. The second kappa shape index (κ2) is 4.93. The Kier molecular flexibility index (Phi) is 3.83. The van der Waals surface area contributed by atoms with Crippen molar-refractivity contribution in [3.63, 3.8) is 0 Å². The van der Waals surface area contributed by atoms with E-state index >= 15 is 0 Å². The second-order valence-electron chi connectivity index (χ2n) is 3.40. The highest BCUT2D eigenvalue weighted by Crippen LogP contribution is 2.31. The fourth-order valence-corrected chi connectivity index (χ4v) is 1.03. The average Bonchev–Trinajstić information content (AvgIpc) is 2.25. The van der Waals surface area contributed by atoms with Crippen LogP contribution in [0.3, 0.4) is 0 Å². The van der Waals surface area contributed by atoms with Crippen LogP contribution in [-0.2, 0) is 6.18 Å². The number of benzene rings is 1. The summed E-state index contributed by atoms with van der Waals surface area (Å²) in [6.07, 6.45) is 0.775. The van der Waals surface area contributed by atoms with Crippen molar-refractivity contribution in [3.8, 4) is 18.1 Å². The fraction of sp³-hybridized carbons (Fsp3) is 0.333. The summed E-state index contributed by atoms with van der Waals surface area (Å²) in [6, 6.07) is 4.73. The Morgan fingerprint density at radius 3 is 2.69 bits per heavy atom. The van der Waals surface area contributed by atoms with Crippen molar-refractivity contribution in [3.05, 3.63) is 29.8 Å². The van der Waals surface area contributed by atoms with Crippen LogP contribution < -0.4 is 4.74 Å². The molecule has 1 nitrogen and oxygen atoms in total. The smallest absolute Gasteiger partial charge is 0.416 e. The lowest BCUT2D eigenvalue weighted by Crippen LogP contribution is -2.08. The van der Waals surface area contributed by atoms with E-state index in [-0.39, 0.29) is 18.3 Å². The molecule has 0 fully saturated rings. The third-order valence-electron chi connectivity index (χ3n) is 1.95. The van der Waals surface area contributed by atoms with E-state index in [1.807, 2.05) is 0 Å². The van der Waals surface area contributed by atoms with Crippen LogP contribution in [0.5, 0.6) is 5.75 Å². The number of alkyl halides is 3. The van der Waals surface area contributed by atoms with E-state index < -0.39 is 11.7 Å². The van der Waals surface area contributed by atoms with Crippen LogP contribution in [0.15, 0.2) is 24.3 Å². The average molecular weight is 228 g/mol. The van der Waals surface area contributed by atoms with E-state index in [9.17, 15) is 13.2 Å². The molecule has 0 saturated carbocycles. The van der Waals surface area contributed by atoms with E-state index in [0.717, 1.165) is 12.1 Å². The van der Waals surface area contributed by atoms with Crippen molar-refractivity contribution in [2.75, 3.05) is 6.61 Å². The largest absolute Gasteiger partial charge is 0.492 e. The maximum absolute atomic E-state index is 12.3. The number of halogens is 3. The van der Waals surface area contributed by atoms with Crippen LogP contribution in [0.1, 0.15) is 12.5 Å². The number of hydrogen-bond donors (Lipinski definition) is 0. The van der Waals surface area contributed by atoms with Crippen LogP contribution in [0.25, 0.3) is 0 Å². The summed E-state index contributed by atoms with van der Waals surface area (Å²) in [5.41, 5.74) is -0.724. The normalized spacial score (nSPS) is 12.9. The highest BCUT2D eigenvalue weighted by Gasteiger charge is 2.30. The first kappa shape index (κ1) is 12.4. The number of hydrogen-bond acceptors (Lipinski definition) is 1. The first-order chi connectivity index (χ1) is 7.43. The lowest BCUT2D eigenvalue weighted by molar-refractivity contribution is -0.137. The Balaban J connectivity index is 2.73. The molecule has 1 rings (SSSR count). The van der Waals surface area contributed by atoms with E-state index in [1.165, 1.54) is 12.1 Å². The molecule has 0 bridgehead atoms. The molecule has 0 aromatic heterocycles. The molecule has 16 heavy (non-hydrogen) atoms. The summed E-state index contributed by atoms with van der Waals surface area (Å²) in [4.78, 5) is 0. The standard InChI is InChI=1S/C12H11F3O/c1-3-9(2)8-16-11-6-4-5-10(7-11)12(13,14)15/h1,4-7,9H,8H2,2H3. The third kappa shape index (κ3) is 3.50. The SMILES string of the molecule is C#CC(C)COc1cccc(C(F)(F)F)c1. The van der Waals surface area contributed by atoms with E-state index in [0.29, 0.717) is 0 Å². The van der Waals surface area contributed by atoms with Crippen LogP contribution in [0.2, 0.25) is 0 Å². The fourth-order valence-electron chi connectivity index (χ4n) is 1.03. The third-order valence-corrected chi connectivity index (χ3v) is 1.95. The zero-order chi connectivity index (χ0) is 12.2. The molecular weight excluding hydrogens is 217 g/mol. The monoisotopic (exact) mass is 228 g/mol. The zero-order valence-electron chi connectivity index (χ0n) is 8.71. The molecule has 0 saturated heterocycles. The minimum absolute atomic E-state index is 0.130. The Morgan fingerprint density at radius 1 is 1.44 bits per heavy atom. The van der Waals surface area contributed by atoms with Gasteiger partial charge in [0.2, 0.25) is 0 Å². The number of ether oxygens (including phenoxy) is 1. The topological polar surface area (TPSA) is 9.23 Å². The first-order valence-electron chi connectivity index (χ1n) is 4.69. The lowest BCUT2D eigenvalue weighted by Gasteiger charge is -2.11. The van der Waals surface area contributed by atoms with Gasteiger partial charge in [0.1, 0.15) is 12.4 Å². The van der Waals surface area contributed by atoms with Gasteiger partial charge in [0.25, 0.3) is 0 Å². The Bertz CT molecular complexity index is 390. The number of rotatable bonds is 3. The highest BCUT2D eigenvalue weighted by molar-refractivity contribution is 5.30. The second-order valence-corrected chi connectivity index (χ2v) is 3.40. The van der Waals surface area contributed by atoms with Gasteiger partial charge in [-0.05, 0) is 25.1 Å². The summed E-state index contributed by atoms with van der Waals surface area (Å²) in [6.45, 7) is 1.96. The summed E-state index contributed by atoms with van der Waals surface area (Å²) in [5, 5.41) is 0. The molecule has 0 aliphatic heterocycles. The molecule has 1 atom stereocenters. The maximum atomic E-state index is 12.3. The molecule has 0 amide bonds. The molecule has 0 radical (unpaired) electrons. The molecule has 1 aromatic rings. The van der Waals surface area contributed by atoms with Crippen molar-refractivity contribution < 1.29 is 17.9 Å². The Hall–Kier alpha value is -1.63. The van der Waals surface area contributed by atoms with Gasteiger partial charge < -0.3 is 4.74 Å².